The van der Waals surface area contributed by atoms with E-state index in [2.05, 4.69) is 23.1 Å². The monoisotopic (exact) mass is 411 g/mol. The van der Waals surface area contributed by atoms with Gasteiger partial charge >= 0.3 is 0 Å². The van der Waals surface area contributed by atoms with Crippen molar-refractivity contribution in [2.45, 2.75) is 52.6 Å². The van der Waals surface area contributed by atoms with Crippen LogP contribution in [0.5, 0.6) is 5.75 Å². The molecule has 0 unspecified atom stereocenters. The number of rotatable bonds is 9. The summed E-state index contributed by atoms with van der Waals surface area (Å²) in [6, 6.07) is 13.9. The molecule has 2 rings (SSSR count). The molecule has 2 aromatic rings. The molecule has 0 spiro atoms. The molecule has 7 heteroatoms. The van der Waals surface area contributed by atoms with Crippen LogP contribution in [-0.4, -0.2) is 23.8 Å². The van der Waals surface area contributed by atoms with Gasteiger partial charge in [-0.05, 0) is 61.7 Å². The topological polar surface area (TPSA) is 96.5 Å². The number of nitrogens with one attached hydrogen (secondary N) is 3. The lowest BCUT2D eigenvalue weighted by Crippen LogP contribution is -2.47. The Morgan fingerprint density at radius 2 is 1.60 bits per heavy atom. The first-order valence-corrected chi connectivity index (χ1v) is 10.2. The number of carbonyl (C=O) groups excluding carboxylic acids is 3. The molecule has 1 atom stereocenters. The summed E-state index contributed by atoms with van der Waals surface area (Å²) in [4.78, 5) is 36.1. The Morgan fingerprint density at radius 3 is 2.20 bits per heavy atom. The first-order valence-electron chi connectivity index (χ1n) is 10.2. The molecule has 7 nitrogen and oxygen atoms in total. The van der Waals surface area contributed by atoms with Gasteiger partial charge in [-0.3, -0.25) is 25.2 Å². The molecule has 0 aliphatic heterocycles. The molecule has 0 radical (unpaired) electrons. The zero-order chi connectivity index (χ0) is 21.9. The van der Waals surface area contributed by atoms with Crippen molar-refractivity contribution in [2.24, 2.45) is 0 Å². The van der Waals surface area contributed by atoms with Gasteiger partial charge in [-0.1, -0.05) is 32.4 Å². The van der Waals surface area contributed by atoms with Gasteiger partial charge in [-0.15, -0.1) is 0 Å². The average Bonchev–Trinajstić information content (AvgIpc) is 2.76. The normalized spacial score (nSPS) is 11.3. The Labute approximate surface area is 177 Å². The third kappa shape index (κ3) is 7.24. The Morgan fingerprint density at radius 1 is 0.933 bits per heavy atom. The number of ether oxygens (including phenoxy) is 1. The van der Waals surface area contributed by atoms with E-state index in [1.165, 1.54) is 5.56 Å². The molecule has 0 bridgehead atoms. The van der Waals surface area contributed by atoms with E-state index < -0.39 is 17.9 Å². The van der Waals surface area contributed by atoms with Gasteiger partial charge in [0.15, 0.2) is 6.10 Å². The van der Waals surface area contributed by atoms with Gasteiger partial charge in [0, 0.05) is 17.7 Å². The van der Waals surface area contributed by atoms with Gasteiger partial charge < -0.3 is 10.1 Å². The molecule has 2 aromatic carbocycles. The van der Waals surface area contributed by atoms with E-state index in [0.717, 1.165) is 19.3 Å². The summed E-state index contributed by atoms with van der Waals surface area (Å²) in [5, 5.41) is 2.78. The molecule has 30 heavy (non-hydrogen) atoms. The fourth-order valence-corrected chi connectivity index (χ4v) is 2.62. The minimum atomic E-state index is -0.779. The zero-order valence-electron chi connectivity index (χ0n) is 17.7. The van der Waals surface area contributed by atoms with Crippen molar-refractivity contribution in [1.82, 2.24) is 10.9 Å². The average molecular weight is 412 g/mol. The summed E-state index contributed by atoms with van der Waals surface area (Å²) in [6.45, 7) is 5.69. The number of anilines is 1. The quantitative estimate of drug-likeness (QED) is 0.549. The van der Waals surface area contributed by atoms with E-state index in [4.69, 9.17) is 4.74 Å². The Kier molecular flexibility index (Phi) is 8.87. The van der Waals surface area contributed by atoms with Crippen LogP contribution in [-0.2, 0) is 16.0 Å². The van der Waals surface area contributed by atoms with Crippen LogP contribution in [0.15, 0.2) is 48.5 Å². The first kappa shape index (κ1) is 22.9. The van der Waals surface area contributed by atoms with Crippen LogP contribution >= 0.6 is 0 Å². The summed E-state index contributed by atoms with van der Waals surface area (Å²) in [7, 11) is 0. The summed E-state index contributed by atoms with van der Waals surface area (Å²) < 4.78 is 5.59. The van der Waals surface area contributed by atoms with E-state index in [9.17, 15) is 14.4 Å². The molecule has 3 amide bonds. The standard InChI is InChI=1S/C23H29N3O4/c1-4-6-7-21(27)24-19-12-10-18(11-13-19)23(29)26-25-22(28)16(3)30-20-14-8-17(5-2)9-15-20/h8-16H,4-7H2,1-3H3,(H,24,27)(H,25,28)(H,26,29)/t16-/m1/s1. The molecule has 0 fully saturated rings. The zero-order valence-corrected chi connectivity index (χ0v) is 17.7. The number of aryl methyl sites for hydroxylation is 1. The largest absolute Gasteiger partial charge is 0.481 e. The molecule has 3 N–H and O–H groups in total. The number of hydrogen-bond acceptors (Lipinski definition) is 4. The highest BCUT2D eigenvalue weighted by Crippen LogP contribution is 2.14. The van der Waals surface area contributed by atoms with Gasteiger partial charge in [0.25, 0.3) is 11.8 Å². The summed E-state index contributed by atoms with van der Waals surface area (Å²) in [5.74, 6) is -0.410. The van der Waals surface area contributed by atoms with Crippen molar-refractivity contribution in [3.63, 3.8) is 0 Å². The molecular weight excluding hydrogens is 382 g/mol. The van der Waals surface area contributed by atoms with Crippen LogP contribution in [0.1, 0.15) is 56.0 Å². The van der Waals surface area contributed by atoms with E-state index >= 15 is 0 Å². The lowest BCUT2D eigenvalue weighted by atomic mass is 10.2. The van der Waals surface area contributed by atoms with Crippen LogP contribution in [0.4, 0.5) is 5.69 Å². The molecule has 160 valence electrons. The number of hydrogen-bond donors (Lipinski definition) is 3. The number of amides is 3. The highest BCUT2D eigenvalue weighted by Gasteiger charge is 2.16. The van der Waals surface area contributed by atoms with Crippen LogP contribution in [0.25, 0.3) is 0 Å². The minimum absolute atomic E-state index is 0.0559. The second-order valence-electron chi connectivity index (χ2n) is 6.93. The maximum Gasteiger partial charge on any atom is 0.279 e. The molecule has 0 heterocycles. The van der Waals surface area contributed by atoms with Crippen LogP contribution in [0.3, 0.4) is 0 Å². The number of unbranched alkanes of at least 4 members (excludes halogenated alkanes) is 1. The fraction of sp³-hybridized carbons (Fsp3) is 0.348. The Bertz CT molecular complexity index is 848. The van der Waals surface area contributed by atoms with Crippen molar-refractivity contribution >= 4 is 23.4 Å². The second-order valence-corrected chi connectivity index (χ2v) is 6.93. The van der Waals surface area contributed by atoms with Crippen molar-refractivity contribution in [1.29, 1.82) is 0 Å². The Hall–Kier alpha value is -3.35. The van der Waals surface area contributed by atoms with E-state index in [-0.39, 0.29) is 5.91 Å². The van der Waals surface area contributed by atoms with Crippen molar-refractivity contribution in [3.05, 3.63) is 59.7 Å². The van der Waals surface area contributed by atoms with Crippen LogP contribution in [0, 0.1) is 0 Å². The van der Waals surface area contributed by atoms with E-state index in [1.54, 1.807) is 31.2 Å². The van der Waals surface area contributed by atoms with Crippen molar-refractivity contribution in [3.8, 4) is 5.75 Å². The Balaban J connectivity index is 1.80. The maximum absolute atomic E-state index is 12.2. The first-order chi connectivity index (χ1) is 14.4. The van der Waals surface area contributed by atoms with Gasteiger partial charge in [-0.2, -0.15) is 0 Å². The number of hydrazine groups is 1. The summed E-state index contributed by atoms with van der Waals surface area (Å²) in [5.41, 5.74) is 6.88. The molecule has 0 saturated carbocycles. The van der Waals surface area contributed by atoms with Crippen molar-refractivity contribution in [2.75, 3.05) is 5.32 Å². The highest BCUT2D eigenvalue weighted by molar-refractivity contribution is 5.97. The third-order valence-corrected chi connectivity index (χ3v) is 4.50. The molecule has 0 aromatic heterocycles. The van der Waals surface area contributed by atoms with Crippen LogP contribution < -0.4 is 20.9 Å². The smallest absolute Gasteiger partial charge is 0.279 e. The van der Waals surface area contributed by atoms with Gasteiger partial charge in [0.05, 0.1) is 0 Å². The molecular formula is C23H29N3O4. The third-order valence-electron chi connectivity index (χ3n) is 4.50. The summed E-state index contributed by atoms with van der Waals surface area (Å²) >= 11 is 0. The molecule has 0 saturated heterocycles. The SMILES string of the molecule is CCCCC(=O)Nc1ccc(C(=O)NNC(=O)[C@@H](C)Oc2ccc(CC)cc2)cc1. The minimum Gasteiger partial charge on any atom is -0.481 e. The van der Waals surface area contributed by atoms with Gasteiger partial charge in [-0.25, -0.2) is 0 Å². The lowest BCUT2D eigenvalue weighted by molar-refractivity contribution is -0.128. The lowest BCUT2D eigenvalue weighted by Gasteiger charge is -2.15. The molecule has 0 aliphatic rings. The van der Waals surface area contributed by atoms with Crippen molar-refractivity contribution < 1.29 is 19.1 Å². The number of carbonyl (C=O) groups is 3. The van der Waals surface area contributed by atoms with E-state index in [1.807, 2.05) is 31.2 Å². The van der Waals surface area contributed by atoms with Gasteiger partial charge in [0.1, 0.15) is 5.75 Å². The predicted molar refractivity (Wildman–Crippen MR) is 116 cm³/mol. The predicted octanol–water partition coefficient (Wildman–Crippen LogP) is 3.61. The van der Waals surface area contributed by atoms with E-state index in [0.29, 0.717) is 23.4 Å². The number of benzene rings is 2. The molecule has 0 aliphatic carbocycles. The van der Waals surface area contributed by atoms with Crippen LogP contribution in [0.2, 0.25) is 0 Å². The van der Waals surface area contributed by atoms with Gasteiger partial charge in [0.2, 0.25) is 5.91 Å². The highest BCUT2D eigenvalue weighted by atomic mass is 16.5. The second kappa shape index (κ2) is 11.6. The summed E-state index contributed by atoms with van der Waals surface area (Å²) in [6.07, 6.45) is 2.40. The maximum atomic E-state index is 12.2. The fourth-order valence-electron chi connectivity index (χ4n) is 2.62.